The van der Waals surface area contributed by atoms with E-state index in [0.717, 1.165) is 0 Å². The van der Waals surface area contributed by atoms with E-state index in [1.54, 1.807) is 0 Å². The minimum atomic E-state index is 0.693. The maximum absolute atomic E-state index is 4.49. The molecule has 4 aromatic heterocycles. The molecular weight excluding hydrogens is 378 g/mol. The third-order valence-electron chi connectivity index (χ3n) is 7.91. The third-order valence-corrected chi connectivity index (χ3v) is 7.91. The summed E-state index contributed by atoms with van der Waals surface area (Å²) in [5.74, 6) is 0.693. The van der Waals surface area contributed by atoms with Gasteiger partial charge in [0.2, 0.25) is 5.52 Å². The van der Waals surface area contributed by atoms with E-state index in [0.29, 0.717) is 5.92 Å². The van der Waals surface area contributed by atoms with Crippen LogP contribution in [-0.2, 0) is 7.05 Å². The zero-order valence-electron chi connectivity index (χ0n) is 18.4. The smallest absolute Gasteiger partial charge is 0.224 e. The Morgan fingerprint density at radius 3 is 2.65 bits per heavy atom. The van der Waals surface area contributed by atoms with Gasteiger partial charge in [-0.05, 0) is 72.9 Å². The second kappa shape index (κ2) is 5.94. The van der Waals surface area contributed by atoms with Gasteiger partial charge in [-0.2, -0.15) is 0 Å². The standard InChI is InChI=1S/C28H26N3/c1-16-12-21-22-15-29-10-8-23(22)31-24-14-20(18-6-4-5-7-18)13-19-9-11-30(3)28(26(19)24)25(17(16)2)27(21)31/h8-15,18H,4-7H2,1-3H3/q+1. The summed E-state index contributed by atoms with van der Waals surface area (Å²) in [4.78, 5) is 4.49. The highest BCUT2D eigenvalue weighted by Gasteiger charge is 2.26. The van der Waals surface area contributed by atoms with E-state index < -0.39 is 0 Å². The number of hydrogen-bond donors (Lipinski definition) is 0. The van der Waals surface area contributed by atoms with Crippen molar-refractivity contribution in [1.82, 2.24) is 9.38 Å². The summed E-state index contributed by atoms with van der Waals surface area (Å²) in [6, 6.07) is 11.8. The summed E-state index contributed by atoms with van der Waals surface area (Å²) < 4.78 is 4.85. The lowest BCUT2D eigenvalue weighted by molar-refractivity contribution is -0.643. The SMILES string of the molecule is Cc1cc2c3cnccc3n3c4cc(C5CCCC5)cc5cc[n+](C)c(c(c1C)c23)c54. The fourth-order valence-corrected chi connectivity index (χ4v) is 6.27. The third kappa shape index (κ3) is 2.14. The van der Waals surface area contributed by atoms with Gasteiger partial charge in [-0.1, -0.05) is 18.9 Å². The molecule has 7 rings (SSSR count). The molecule has 152 valence electrons. The minimum absolute atomic E-state index is 0.693. The molecule has 6 aromatic rings. The first-order valence-electron chi connectivity index (χ1n) is 11.5. The highest BCUT2D eigenvalue weighted by atomic mass is 15.0. The number of pyridine rings is 3. The van der Waals surface area contributed by atoms with E-state index >= 15 is 0 Å². The molecule has 2 aromatic carbocycles. The zero-order valence-corrected chi connectivity index (χ0v) is 18.4. The molecule has 0 radical (unpaired) electrons. The van der Waals surface area contributed by atoms with Crippen LogP contribution >= 0.6 is 0 Å². The van der Waals surface area contributed by atoms with Gasteiger partial charge in [-0.15, -0.1) is 0 Å². The van der Waals surface area contributed by atoms with Crippen LogP contribution < -0.4 is 4.57 Å². The average molecular weight is 405 g/mol. The van der Waals surface area contributed by atoms with Gasteiger partial charge >= 0.3 is 0 Å². The molecule has 31 heavy (non-hydrogen) atoms. The lowest BCUT2D eigenvalue weighted by Crippen LogP contribution is -2.29. The van der Waals surface area contributed by atoms with E-state index in [1.807, 2.05) is 12.4 Å². The van der Waals surface area contributed by atoms with Crippen LogP contribution in [0.1, 0.15) is 48.3 Å². The second-order valence-electron chi connectivity index (χ2n) is 9.58. The molecule has 0 N–H and O–H groups in total. The molecule has 4 heterocycles. The summed E-state index contributed by atoms with van der Waals surface area (Å²) in [6.45, 7) is 4.52. The van der Waals surface area contributed by atoms with E-state index in [4.69, 9.17) is 0 Å². The Labute approximate surface area is 181 Å². The summed E-state index contributed by atoms with van der Waals surface area (Å²) in [5.41, 5.74) is 9.51. The molecule has 1 aliphatic carbocycles. The molecule has 0 bridgehead atoms. The Balaban J connectivity index is 1.84. The molecule has 1 fully saturated rings. The molecular formula is C28H26N3+. The van der Waals surface area contributed by atoms with Crippen molar-refractivity contribution in [3.05, 3.63) is 65.6 Å². The van der Waals surface area contributed by atoms with Crippen LogP contribution in [0.2, 0.25) is 0 Å². The van der Waals surface area contributed by atoms with Crippen LogP contribution in [0.4, 0.5) is 0 Å². The first-order valence-corrected chi connectivity index (χ1v) is 11.5. The summed E-state index contributed by atoms with van der Waals surface area (Å²) in [5, 5.41) is 6.68. The number of rotatable bonds is 1. The second-order valence-corrected chi connectivity index (χ2v) is 9.58. The lowest BCUT2D eigenvalue weighted by Gasteiger charge is -2.17. The molecule has 1 aliphatic rings. The monoisotopic (exact) mass is 404 g/mol. The highest BCUT2D eigenvalue weighted by Crippen LogP contribution is 2.43. The van der Waals surface area contributed by atoms with Gasteiger partial charge in [-0.3, -0.25) is 4.98 Å². The van der Waals surface area contributed by atoms with Crippen molar-refractivity contribution in [1.29, 1.82) is 0 Å². The van der Waals surface area contributed by atoms with Crippen molar-refractivity contribution < 1.29 is 4.57 Å². The lowest BCUT2D eigenvalue weighted by atomic mass is 9.92. The fourth-order valence-electron chi connectivity index (χ4n) is 6.27. The first kappa shape index (κ1) is 17.5. The number of hydrogen-bond acceptors (Lipinski definition) is 1. The molecule has 0 spiro atoms. The van der Waals surface area contributed by atoms with Gasteiger partial charge in [-0.25, -0.2) is 4.57 Å². The first-order chi connectivity index (χ1) is 15.1. The molecule has 0 unspecified atom stereocenters. The Morgan fingerprint density at radius 2 is 1.81 bits per heavy atom. The quantitative estimate of drug-likeness (QED) is 0.174. The van der Waals surface area contributed by atoms with E-state index in [-0.39, 0.29) is 0 Å². The Bertz CT molecular complexity index is 1670. The van der Waals surface area contributed by atoms with Crippen LogP contribution in [0.5, 0.6) is 0 Å². The van der Waals surface area contributed by atoms with Crippen LogP contribution in [0, 0.1) is 13.8 Å². The van der Waals surface area contributed by atoms with E-state index in [1.165, 1.54) is 91.4 Å². The van der Waals surface area contributed by atoms with Gasteiger partial charge in [0.25, 0.3) is 0 Å². The molecule has 0 amide bonds. The summed E-state index contributed by atoms with van der Waals surface area (Å²) >= 11 is 0. The van der Waals surface area contributed by atoms with Crippen molar-refractivity contribution in [3.8, 4) is 0 Å². The number of aryl methyl sites for hydroxylation is 3. The molecule has 3 nitrogen and oxygen atoms in total. The van der Waals surface area contributed by atoms with Gasteiger partial charge in [0, 0.05) is 29.2 Å². The summed E-state index contributed by atoms with van der Waals surface area (Å²) in [7, 11) is 2.19. The van der Waals surface area contributed by atoms with Gasteiger partial charge < -0.3 is 4.40 Å². The maximum atomic E-state index is 4.49. The van der Waals surface area contributed by atoms with E-state index in [2.05, 4.69) is 71.4 Å². The number of nitrogens with zero attached hydrogens (tertiary/aromatic N) is 3. The van der Waals surface area contributed by atoms with Gasteiger partial charge in [0.1, 0.15) is 7.05 Å². The Hall–Kier alpha value is -3.20. The molecule has 0 aliphatic heterocycles. The van der Waals surface area contributed by atoms with Crippen LogP contribution in [-0.4, -0.2) is 9.38 Å². The predicted octanol–water partition coefficient (Wildman–Crippen LogP) is 6.48. The average Bonchev–Trinajstić information content (AvgIpc) is 3.42. The maximum Gasteiger partial charge on any atom is 0.224 e. The van der Waals surface area contributed by atoms with Crippen molar-refractivity contribution in [2.45, 2.75) is 45.4 Å². The van der Waals surface area contributed by atoms with Crippen LogP contribution in [0.15, 0.2) is 48.9 Å². The van der Waals surface area contributed by atoms with Gasteiger partial charge in [0.15, 0.2) is 6.20 Å². The number of fused-ring (bicyclic) bond motifs is 5. The molecule has 0 saturated heterocycles. The number of benzene rings is 2. The zero-order chi connectivity index (χ0) is 20.9. The molecule has 3 heteroatoms. The normalized spacial score (nSPS) is 15.6. The van der Waals surface area contributed by atoms with Crippen molar-refractivity contribution in [2.75, 3.05) is 0 Å². The van der Waals surface area contributed by atoms with E-state index in [9.17, 15) is 0 Å². The van der Waals surface area contributed by atoms with Crippen molar-refractivity contribution >= 4 is 49.0 Å². The Kier molecular flexibility index (Phi) is 3.35. The number of aromatic nitrogens is 3. The van der Waals surface area contributed by atoms with Crippen LogP contribution in [0.3, 0.4) is 0 Å². The predicted molar refractivity (Wildman–Crippen MR) is 128 cm³/mol. The Morgan fingerprint density at radius 1 is 0.968 bits per heavy atom. The largest absolute Gasteiger partial charge is 0.307 e. The van der Waals surface area contributed by atoms with Crippen molar-refractivity contribution in [3.63, 3.8) is 0 Å². The summed E-state index contributed by atoms with van der Waals surface area (Å²) in [6.07, 6.45) is 11.6. The molecule has 0 atom stereocenters. The highest BCUT2D eigenvalue weighted by molar-refractivity contribution is 6.26. The molecule has 1 saturated carbocycles. The van der Waals surface area contributed by atoms with Crippen LogP contribution in [0.25, 0.3) is 49.0 Å². The van der Waals surface area contributed by atoms with Crippen molar-refractivity contribution in [2.24, 2.45) is 7.05 Å². The minimum Gasteiger partial charge on any atom is -0.307 e. The fraction of sp³-hybridized carbons (Fsp3) is 0.286. The van der Waals surface area contributed by atoms with Gasteiger partial charge in [0.05, 0.1) is 27.3 Å². The topological polar surface area (TPSA) is 21.2 Å².